The molecule has 172 valence electrons. The number of hydrogen-bond acceptors (Lipinski definition) is 4. The Bertz CT molecular complexity index is 1680. The molecular formula is C27H25N3O4. The lowest BCUT2D eigenvalue weighted by Gasteiger charge is -2.32. The van der Waals surface area contributed by atoms with Crippen molar-refractivity contribution >= 4 is 49.5 Å². The van der Waals surface area contributed by atoms with Gasteiger partial charge in [0.05, 0.1) is 34.3 Å². The second-order valence-corrected chi connectivity index (χ2v) is 10.0. The number of ether oxygens (including phenoxy) is 1. The molecule has 7 heteroatoms. The monoisotopic (exact) mass is 455 g/mol. The Labute approximate surface area is 194 Å². The zero-order valence-corrected chi connectivity index (χ0v) is 19.0. The van der Waals surface area contributed by atoms with Crippen LogP contribution in [-0.4, -0.2) is 43.5 Å². The first-order valence-electron chi connectivity index (χ1n) is 11.6. The molecule has 4 N–H and O–H groups in total. The third-order valence-electron chi connectivity index (χ3n) is 7.97. The number of para-hydroxylation sites is 2. The summed E-state index contributed by atoms with van der Waals surface area (Å²) in [5.41, 5.74) is 3.14. The maximum atomic E-state index is 13.2. The van der Waals surface area contributed by atoms with Crippen LogP contribution in [0.1, 0.15) is 42.4 Å². The van der Waals surface area contributed by atoms with Crippen LogP contribution in [0.4, 0.5) is 0 Å². The van der Waals surface area contributed by atoms with E-state index in [0.717, 1.165) is 49.2 Å². The molecule has 0 saturated carbocycles. The fourth-order valence-corrected chi connectivity index (χ4v) is 6.08. The SMILES string of the molecule is CC1(C)O[C@@H](n2c3ccccc3c3c4c(c5c6ccccc6[nH]c5c32)CNC4=O)C[C@@]1(O)CO. The molecule has 2 atom stereocenters. The smallest absolute Gasteiger partial charge is 0.252 e. The summed E-state index contributed by atoms with van der Waals surface area (Å²) in [6.07, 6.45) is -0.290. The van der Waals surface area contributed by atoms with E-state index in [4.69, 9.17) is 4.74 Å². The van der Waals surface area contributed by atoms with Gasteiger partial charge in [0.25, 0.3) is 5.91 Å². The van der Waals surface area contributed by atoms with Gasteiger partial charge in [0.1, 0.15) is 11.8 Å². The molecule has 1 saturated heterocycles. The molecule has 7 nitrogen and oxygen atoms in total. The van der Waals surface area contributed by atoms with E-state index < -0.39 is 24.0 Å². The number of aliphatic hydroxyl groups excluding tert-OH is 1. The second-order valence-electron chi connectivity index (χ2n) is 10.0. The van der Waals surface area contributed by atoms with Crippen molar-refractivity contribution in [1.29, 1.82) is 0 Å². The Balaban J connectivity index is 1.69. The lowest BCUT2D eigenvalue weighted by Crippen LogP contribution is -2.49. The third-order valence-corrected chi connectivity index (χ3v) is 7.97. The largest absolute Gasteiger partial charge is 0.393 e. The molecule has 4 heterocycles. The summed E-state index contributed by atoms with van der Waals surface area (Å²) >= 11 is 0. The van der Waals surface area contributed by atoms with Crippen LogP contribution >= 0.6 is 0 Å². The second kappa shape index (κ2) is 6.39. The number of hydrogen-bond donors (Lipinski definition) is 4. The van der Waals surface area contributed by atoms with Crippen LogP contribution in [0.5, 0.6) is 0 Å². The van der Waals surface area contributed by atoms with Crippen molar-refractivity contribution in [1.82, 2.24) is 14.9 Å². The number of aliphatic hydroxyl groups is 2. The van der Waals surface area contributed by atoms with Crippen LogP contribution in [0.3, 0.4) is 0 Å². The van der Waals surface area contributed by atoms with Crippen molar-refractivity contribution < 1.29 is 19.7 Å². The van der Waals surface area contributed by atoms with E-state index in [-0.39, 0.29) is 12.3 Å². The van der Waals surface area contributed by atoms with Gasteiger partial charge < -0.3 is 29.8 Å². The van der Waals surface area contributed by atoms with Crippen LogP contribution < -0.4 is 5.32 Å². The van der Waals surface area contributed by atoms with E-state index in [2.05, 4.69) is 20.9 Å². The molecule has 0 aliphatic carbocycles. The number of carbonyl (C=O) groups excluding carboxylic acids is 1. The Morgan fingerprint density at radius 1 is 1.09 bits per heavy atom. The molecule has 1 fully saturated rings. The zero-order valence-electron chi connectivity index (χ0n) is 19.0. The van der Waals surface area contributed by atoms with Crippen molar-refractivity contribution in [2.24, 2.45) is 0 Å². The maximum Gasteiger partial charge on any atom is 0.252 e. The molecule has 34 heavy (non-hydrogen) atoms. The molecule has 0 unspecified atom stereocenters. The predicted octanol–water partition coefficient (Wildman–Crippen LogP) is 4.09. The molecular weight excluding hydrogens is 430 g/mol. The van der Waals surface area contributed by atoms with Gasteiger partial charge in [-0.2, -0.15) is 0 Å². The third kappa shape index (κ3) is 2.29. The van der Waals surface area contributed by atoms with E-state index in [9.17, 15) is 15.0 Å². The summed E-state index contributed by atoms with van der Waals surface area (Å²) in [5.74, 6) is -0.0744. The maximum absolute atomic E-state index is 13.2. The van der Waals surface area contributed by atoms with E-state index in [0.29, 0.717) is 12.1 Å². The van der Waals surface area contributed by atoms with Crippen molar-refractivity contribution in [2.45, 2.75) is 44.2 Å². The highest BCUT2D eigenvalue weighted by molar-refractivity contribution is 6.30. The molecule has 7 rings (SSSR count). The summed E-state index contributed by atoms with van der Waals surface area (Å²) in [7, 11) is 0. The van der Waals surface area contributed by atoms with E-state index in [1.807, 2.05) is 42.5 Å². The van der Waals surface area contributed by atoms with Crippen molar-refractivity contribution in [3.63, 3.8) is 0 Å². The fourth-order valence-electron chi connectivity index (χ4n) is 6.08. The Hall–Kier alpha value is -3.39. The minimum absolute atomic E-state index is 0.0744. The van der Waals surface area contributed by atoms with Crippen LogP contribution in [0.2, 0.25) is 0 Å². The number of rotatable bonds is 2. The van der Waals surface area contributed by atoms with E-state index in [1.165, 1.54) is 0 Å². The summed E-state index contributed by atoms with van der Waals surface area (Å²) in [4.78, 5) is 16.8. The topological polar surface area (TPSA) is 99.5 Å². The quantitative estimate of drug-likeness (QED) is 0.322. The van der Waals surface area contributed by atoms with Gasteiger partial charge in [0, 0.05) is 40.0 Å². The highest BCUT2D eigenvalue weighted by atomic mass is 16.6. The molecule has 5 aromatic rings. The summed E-state index contributed by atoms with van der Waals surface area (Å²) in [6.45, 7) is 3.70. The number of carbonyl (C=O) groups is 1. The van der Waals surface area contributed by atoms with Crippen molar-refractivity contribution in [2.75, 3.05) is 6.61 Å². The fraction of sp³-hybridized carbons (Fsp3) is 0.296. The standard InChI is InChI=1S/C27H25N3O4/c1-26(2)27(33,13-31)11-19(34-26)30-18-10-6-4-8-15(18)21-22-16(12-28-25(22)32)20-14-7-3-5-9-17(14)29-23(20)24(21)30/h3-10,19,29,31,33H,11-13H2,1-2H3,(H,28,32)/t19-,27-/m1/s1. The molecule has 2 aliphatic rings. The van der Waals surface area contributed by atoms with E-state index in [1.54, 1.807) is 13.8 Å². The number of aromatic nitrogens is 2. The van der Waals surface area contributed by atoms with Gasteiger partial charge in [0.2, 0.25) is 0 Å². The van der Waals surface area contributed by atoms with Gasteiger partial charge in [-0.15, -0.1) is 0 Å². The number of fused-ring (bicyclic) bond motifs is 10. The zero-order chi connectivity index (χ0) is 23.4. The highest BCUT2D eigenvalue weighted by Crippen LogP contribution is 2.49. The summed E-state index contributed by atoms with van der Waals surface area (Å²) in [5, 5.41) is 28.2. The number of nitrogens with one attached hydrogen (secondary N) is 2. The summed E-state index contributed by atoms with van der Waals surface area (Å²) in [6, 6.07) is 16.1. The average molecular weight is 456 g/mol. The molecule has 0 radical (unpaired) electrons. The Morgan fingerprint density at radius 2 is 1.82 bits per heavy atom. The van der Waals surface area contributed by atoms with Crippen molar-refractivity contribution in [3.05, 3.63) is 59.7 Å². The van der Waals surface area contributed by atoms with Gasteiger partial charge in [-0.05, 0) is 31.5 Å². The minimum atomic E-state index is -1.39. The van der Waals surface area contributed by atoms with Gasteiger partial charge >= 0.3 is 0 Å². The number of benzene rings is 3. The number of H-pyrrole nitrogens is 1. The minimum Gasteiger partial charge on any atom is -0.393 e. The predicted molar refractivity (Wildman–Crippen MR) is 131 cm³/mol. The molecule has 0 bridgehead atoms. The van der Waals surface area contributed by atoms with Crippen molar-refractivity contribution in [3.8, 4) is 0 Å². The van der Waals surface area contributed by atoms with Gasteiger partial charge in [-0.1, -0.05) is 36.4 Å². The lowest BCUT2D eigenvalue weighted by atomic mass is 9.86. The number of amides is 1. The van der Waals surface area contributed by atoms with Crippen LogP contribution in [0.15, 0.2) is 48.5 Å². The molecule has 2 aromatic heterocycles. The summed E-state index contributed by atoms with van der Waals surface area (Å²) < 4.78 is 8.52. The molecule has 2 aliphatic heterocycles. The van der Waals surface area contributed by atoms with Gasteiger partial charge in [0.15, 0.2) is 0 Å². The van der Waals surface area contributed by atoms with Crippen LogP contribution in [0.25, 0.3) is 43.6 Å². The number of aromatic amines is 1. The Morgan fingerprint density at radius 3 is 2.59 bits per heavy atom. The highest BCUT2D eigenvalue weighted by Gasteiger charge is 2.54. The van der Waals surface area contributed by atoms with E-state index >= 15 is 0 Å². The number of nitrogens with zero attached hydrogens (tertiary/aromatic N) is 1. The van der Waals surface area contributed by atoms with Crippen LogP contribution in [-0.2, 0) is 11.3 Å². The first kappa shape index (κ1) is 20.0. The van der Waals surface area contributed by atoms with Crippen LogP contribution in [0, 0.1) is 0 Å². The normalized spacial score (nSPS) is 24.0. The molecule has 0 spiro atoms. The molecule has 3 aromatic carbocycles. The van der Waals surface area contributed by atoms with Gasteiger partial charge in [-0.3, -0.25) is 4.79 Å². The Kier molecular flexibility index (Phi) is 3.76. The lowest BCUT2D eigenvalue weighted by molar-refractivity contribution is -0.135. The molecule has 1 amide bonds. The first-order chi connectivity index (χ1) is 16.3. The average Bonchev–Trinajstić information content (AvgIpc) is 3.54. The van der Waals surface area contributed by atoms with Gasteiger partial charge in [-0.25, -0.2) is 0 Å². The first-order valence-corrected chi connectivity index (χ1v) is 11.6.